The van der Waals surface area contributed by atoms with Gasteiger partial charge in [0.2, 0.25) is 5.91 Å². The Morgan fingerprint density at radius 1 is 1.24 bits per heavy atom. The summed E-state index contributed by atoms with van der Waals surface area (Å²) in [6.45, 7) is 1.38. The number of halogens is 1. The van der Waals surface area contributed by atoms with Crippen LogP contribution < -0.4 is 0 Å². The molecule has 4 heteroatoms. The number of hydrogen-bond acceptors (Lipinski definition) is 2. The molecule has 4 saturated carbocycles. The molecule has 0 N–H and O–H groups in total. The lowest BCUT2D eigenvalue weighted by Gasteiger charge is -2.57. The molecule has 0 aromatic carbocycles. The monoisotopic (exact) mass is 357 g/mol. The SMILES string of the molecule is COCC(Br)CN(C)C(=O)CC12CC3CC(CC(C3)C1)C2. The molecule has 4 rings (SSSR count). The molecular formula is C17H28BrNO2. The van der Waals surface area contributed by atoms with Crippen LogP contribution in [0, 0.1) is 23.2 Å². The third kappa shape index (κ3) is 3.47. The molecule has 21 heavy (non-hydrogen) atoms. The molecule has 4 aliphatic carbocycles. The van der Waals surface area contributed by atoms with Crippen molar-refractivity contribution in [3.63, 3.8) is 0 Å². The molecule has 1 atom stereocenters. The zero-order valence-corrected chi connectivity index (χ0v) is 14.9. The molecule has 4 bridgehead atoms. The predicted molar refractivity (Wildman–Crippen MR) is 87.5 cm³/mol. The van der Waals surface area contributed by atoms with Crippen LogP contribution in [0.15, 0.2) is 0 Å². The highest BCUT2D eigenvalue weighted by atomic mass is 79.9. The third-order valence-corrected chi connectivity index (χ3v) is 6.49. The maximum Gasteiger partial charge on any atom is 0.222 e. The average Bonchev–Trinajstić information content (AvgIpc) is 2.36. The minimum absolute atomic E-state index is 0.229. The van der Waals surface area contributed by atoms with Crippen molar-refractivity contribution in [1.29, 1.82) is 0 Å². The average molecular weight is 358 g/mol. The normalized spacial score (nSPS) is 38.5. The van der Waals surface area contributed by atoms with Gasteiger partial charge in [-0.15, -0.1) is 0 Å². The molecule has 4 aliphatic rings. The molecule has 0 heterocycles. The van der Waals surface area contributed by atoms with Gasteiger partial charge in [0, 0.05) is 27.1 Å². The Bertz CT molecular complexity index is 363. The van der Waals surface area contributed by atoms with Gasteiger partial charge < -0.3 is 9.64 Å². The summed E-state index contributed by atoms with van der Waals surface area (Å²) >= 11 is 3.58. The lowest BCUT2D eigenvalue weighted by molar-refractivity contribution is -0.138. The number of hydrogen-bond donors (Lipinski definition) is 0. The molecule has 1 unspecified atom stereocenters. The van der Waals surface area contributed by atoms with E-state index in [1.165, 1.54) is 38.5 Å². The number of methoxy groups -OCH3 is 1. The highest BCUT2D eigenvalue weighted by molar-refractivity contribution is 9.09. The zero-order valence-electron chi connectivity index (χ0n) is 13.3. The molecule has 0 spiro atoms. The maximum atomic E-state index is 12.6. The van der Waals surface area contributed by atoms with E-state index in [0.29, 0.717) is 17.9 Å². The molecule has 120 valence electrons. The van der Waals surface area contributed by atoms with Crippen LogP contribution in [0.1, 0.15) is 44.9 Å². The van der Waals surface area contributed by atoms with Crippen LogP contribution in [0.5, 0.6) is 0 Å². The van der Waals surface area contributed by atoms with Crippen molar-refractivity contribution in [2.45, 2.75) is 49.8 Å². The molecule has 0 aromatic heterocycles. The zero-order chi connectivity index (χ0) is 15.0. The summed E-state index contributed by atoms with van der Waals surface area (Å²) in [4.78, 5) is 14.8. The van der Waals surface area contributed by atoms with Gasteiger partial charge in [-0.2, -0.15) is 0 Å². The van der Waals surface area contributed by atoms with Gasteiger partial charge in [0.05, 0.1) is 11.4 Å². The fraction of sp³-hybridized carbons (Fsp3) is 0.941. The minimum atomic E-state index is 0.229. The number of nitrogens with zero attached hydrogens (tertiary/aromatic N) is 1. The lowest BCUT2D eigenvalue weighted by Crippen LogP contribution is -2.48. The first-order valence-corrected chi connectivity index (χ1v) is 9.28. The van der Waals surface area contributed by atoms with Gasteiger partial charge in [-0.05, 0) is 61.7 Å². The molecule has 0 aliphatic heterocycles. The second kappa shape index (κ2) is 6.19. The predicted octanol–water partition coefficient (Wildman–Crippen LogP) is 3.46. The number of ether oxygens (including phenoxy) is 1. The van der Waals surface area contributed by atoms with Gasteiger partial charge >= 0.3 is 0 Å². The molecule has 0 aromatic rings. The van der Waals surface area contributed by atoms with Crippen molar-refractivity contribution >= 4 is 21.8 Å². The van der Waals surface area contributed by atoms with E-state index in [9.17, 15) is 4.79 Å². The quantitative estimate of drug-likeness (QED) is 0.681. The van der Waals surface area contributed by atoms with Gasteiger partial charge in [0.25, 0.3) is 0 Å². The minimum Gasteiger partial charge on any atom is -0.383 e. The summed E-state index contributed by atoms with van der Waals surface area (Å²) in [5.74, 6) is 3.10. The Labute approximate surface area is 136 Å². The van der Waals surface area contributed by atoms with E-state index in [0.717, 1.165) is 30.7 Å². The highest BCUT2D eigenvalue weighted by Gasteiger charge is 2.51. The number of amides is 1. The third-order valence-electron chi connectivity index (χ3n) is 5.94. The highest BCUT2D eigenvalue weighted by Crippen LogP contribution is 2.61. The second-order valence-electron chi connectivity index (χ2n) is 7.92. The fourth-order valence-electron chi connectivity index (χ4n) is 5.59. The van der Waals surface area contributed by atoms with Crippen LogP contribution in [0.25, 0.3) is 0 Å². The molecule has 3 nitrogen and oxygen atoms in total. The first kappa shape index (κ1) is 15.8. The smallest absolute Gasteiger partial charge is 0.222 e. The number of alkyl halides is 1. The van der Waals surface area contributed by atoms with E-state index in [1.54, 1.807) is 7.11 Å². The molecule has 4 fully saturated rings. The Hall–Kier alpha value is -0.0900. The van der Waals surface area contributed by atoms with Crippen molar-refractivity contribution in [1.82, 2.24) is 4.90 Å². The van der Waals surface area contributed by atoms with Gasteiger partial charge in [0.15, 0.2) is 0 Å². The van der Waals surface area contributed by atoms with E-state index < -0.39 is 0 Å². The van der Waals surface area contributed by atoms with Crippen LogP contribution in [0.4, 0.5) is 0 Å². The maximum absolute atomic E-state index is 12.6. The van der Waals surface area contributed by atoms with Crippen LogP contribution >= 0.6 is 15.9 Å². The van der Waals surface area contributed by atoms with Gasteiger partial charge in [-0.3, -0.25) is 4.79 Å². The number of rotatable bonds is 6. The molecular weight excluding hydrogens is 330 g/mol. The summed E-state index contributed by atoms with van der Waals surface area (Å²) in [6, 6.07) is 0. The summed E-state index contributed by atoms with van der Waals surface area (Å²) in [7, 11) is 3.64. The molecule has 1 amide bonds. The molecule has 0 radical (unpaired) electrons. The second-order valence-corrected chi connectivity index (χ2v) is 9.22. The topological polar surface area (TPSA) is 29.5 Å². The first-order chi connectivity index (χ1) is 9.99. The Balaban J connectivity index is 1.57. The van der Waals surface area contributed by atoms with Crippen molar-refractivity contribution < 1.29 is 9.53 Å². The van der Waals surface area contributed by atoms with E-state index in [2.05, 4.69) is 15.9 Å². The summed E-state index contributed by atoms with van der Waals surface area (Å²) in [5, 5.41) is 0. The van der Waals surface area contributed by atoms with E-state index in [1.807, 2.05) is 11.9 Å². The van der Waals surface area contributed by atoms with Crippen LogP contribution in [-0.4, -0.2) is 42.9 Å². The van der Waals surface area contributed by atoms with Crippen LogP contribution in [0.2, 0.25) is 0 Å². The van der Waals surface area contributed by atoms with Crippen molar-refractivity contribution in [2.24, 2.45) is 23.2 Å². The number of carbonyl (C=O) groups excluding carboxylic acids is 1. The van der Waals surface area contributed by atoms with E-state index in [-0.39, 0.29) is 4.83 Å². The largest absolute Gasteiger partial charge is 0.383 e. The Morgan fingerprint density at radius 2 is 1.76 bits per heavy atom. The number of carbonyl (C=O) groups is 1. The van der Waals surface area contributed by atoms with Crippen molar-refractivity contribution in [3.8, 4) is 0 Å². The first-order valence-electron chi connectivity index (χ1n) is 8.36. The van der Waals surface area contributed by atoms with Gasteiger partial charge in [0.1, 0.15) is 0 Å². The van der Waals surface area contributed by atoms with Crippen LogP contribution in [-0.2, 0) is 9.53 Å². The summed E-state index contributed by atoms with van der Waals surface area (Å²) in [6.07, 6.45) is 9.05. The van der Waals surface area contributed by atoms with Crippen molar-refractivity contribution in [2.75, 3.05) is 27.3 Å². The standard InChI is InChI=1S/C17H28BrNO2/c1-19(10-15(18)11-21-2)16(20)9-17-6-12-3-13(7-17)5-14(4-12)8-17/h12-15H,3-11H2,1-2H3. The van der Waals surface area contributed by atoms with Gasteiger partial charge in [-0.25, -0.2) is 0 Å². The lowest BCUT2D eigenvalue weighted by atomic mass is 9.49. The fourth-order valence-corrected chi connectivity index (χ4v) is 6.29. The van der Waals surface area contributed by atoms with Crippen molar-refractivity contribution in [3.05, 3.63) is 0 Å². The molecule has 0 saturated heterocycles. The van der Waals surface area contributed by atoms with Gasteiger partial charge in [-0.1, -0.05) is 15.9 Å². The van der Waals surface area contributed by atoms with Crippen LogP contribution in [0.3, 0.4) is 0 Å². The summed E-state index contributed by atoms with van der Waals surface area (Å²) in [5.41, 5.74) is 0.350. The summed E-state index contributed by atoms with van der Waals surface area (Å²) < 4.78 is 5.13. The Morgan fingerprint density at radius 3 is 2.24 bits per heavy atom. The Kier molecular flexibility index (Phi) is 4.66. The van der Waals surface area contributed by atoms with E-state index >= 15 is 0 Å². The van der Waals surface area contributed by atoms with E-state index in [4.69, 9.17) is 4.74 Å².